The van der Waals surface area contributed by atoms with Crippen molar-refractivity contribution in [1.29, 1.82) is 0 Å². The number of hydrogen-bond acceptors (Lipinski definition) is 5. The van der Waals surface area contributed by atoms with Gasteiger partial charge in [-0.05, 0) is 66.3 Å². The van der Waals surface area contributed by atoms with E-state index in [0.717, 1.165) is 14.7 Å². The van der Waals surface area contributed by atoms with E-state index in [2.05, 4.69) is 33.0 Å². The fourth-order valence-electron chi connectivity index (χ4n) is 4.23. The number of esters is 1. The number of amides is 1. The Kier molecular flexibility index (Phi) is 6.55. The summed E-state index contributed by atoms with van der Waals surface area (Å²) in [5.74, 6) is -0.347. The molecule has 3 aromatic rings. The number of benzene rings is 2. The molecule has 1 aliphatic heterocycles. The third-order valence-corrected chi connectivity index (χ3v) is 6.56. The highest BCUT2D eigenvalue weighted by Crippen LogP contribution is 2.36. The topological polar surface area (TPSA) is 96.3 Å². The predicted molar refractivity (Wildman–Crippen MR) is 134 cm³/mol. The van der Waals surface area contributed by atoms with E-state index in [1.807, 2.05) is 31.2 Å². The third-order valence-electron chi connectivity index (χ3n) is 5.89. The minimum atomic E-state index is -0.619. The number of nitrogens with one attached hydrogen (secondary N) is 1. The lowest BCUT2D eigenvalue weighted by atomic mass is 10.1. The van der Waals surface area contributed by atoms with Crippen molar-refractivity contribution < 1.29 is 14.3 Å². The number of aryl methyl sites for hydroxylation is 1. The summed E-state index contributed by atoms with van der Waals surface area (Å²) in [5.41, 5.74) is 3.07. The van der Waals surface area contributed by atoms with E-state index < -0.39 is 10.6 Å². The summed E-state index contributed by atoms with van der Waals surface area (Å²) >= 11 is 2.23. The first-order valence-electron chi connectivity index (χ1n) is 10.6. The summed E-state index contributed by atoms with van der Waals surface area (Å²) in [6, 6.07) is 14.4. The van der Waals surface area contributed by atoms with E-state index in [9.17, 15) is 14.8 Å². The lowest BCUT2D eigenvalue weighted by molar-refractivity contribution is 0.0600. The van der Waals surface area contributed by atoms with Gasteiger partial charge in [-0.15, -0.1) is 0 Å². The molecule has 9 heteroatoms. The van der Waals surface area contributed by atoms with Crippen LogP contribution in [0.1, 0.15) is 50.5 Å². The standard InChI is InChI=1S/C24H25IN4O4/c1-15(18-7-9-19(10-8-18)24(31)33-3)26-22(30)21-16(2)27-28-11-12-29(32,23(21)28)14-17-5-4-6-20(25)13-17/h4-10,13,15H,11-12,14H2,1-3H3,(H,26,30)/t15-,29?/m0/s1. The Morgan fingerprint density at radius 3 is 2.67 bits per heavy atom. The number of halogens is 1. The summed E-state index contributed by atoms with van der Waals surface area (Å²) < 4.78 is 6.83. The molecule has 0 saturated carbocycles. The normalized spacial score (nSPS) is 18.0. The molecule has 33 heavy (non-hydrogen) atoms. The van der Waals surface area contributed by atoms with Crippen molar-refractivity contribution in [3.63, 3.8) is 0 Å². The number of fused-ring (bicyclic) bond motifs is 1. The molecular weight excluding hydrogens is 535 g/mol. The first-order chi connectivity index (χ1) is 15.7. The lowest BCUT2D eigenvalue weighted by Gasteiger charge is -2.37. The van der Waals surface area contributed by atoms with Gasteiger partial charge < -0.3 is 19.9 Å². The number of ether oxygens (including phenoxy) is 1. The van der Waals surface area contributed by atoms with Crippen molar-refractivity contribution in [3.8, 4) is 0 Å². The molecule has 1 amide bonds. The van der Waals surface area contributed by atoms with Crippen LogP contribution >= 0.6 is 22.6 Å². The smallest absolute Gasteiger partial charge is 0.337 e. The van der Waals surface area contributed by atoms with Crippen LogP contribution in [0.3, 0.4) is 0 Å². The third kappa shape index (κ3) is 4.66. The Hall–Kier alpha value is -2.76. The van der Waals surface area contributed by atoms with Crippen LogP contribution in [-0.2, 0) is 17.8 Å². The summed E-state index contributed by atoms with van der Waals surface area (Å²) in [6.45, 7) is 4.66. The number of nitrogens with zero attached hydrogens (tertiary/aromatic N) is 3. The van der Waals surface area contributed by atoms with Gasteiger partial charge in [0.1, 0.15) is 18.7 Å². The highest BCUT2D eigenvalue weighted by Gasteiger charge is 2.39. The zero-order valence-electron chi connectivity index (χ0n) is 18.7. The Morgan fingerprint density at radius 1 is 1.27 bits per heavy atom. The van der Waals surface area contributed by atoms with Crippen LogP contribution in [0.25, 0.3) is 0 Å². The molecule has 4 rings (SSSR count). The van der Waals surface area contributed by atoms with Gasteiger partial charge in [-0.1, -0.05) is 24.3 Å². The van der Waals surface area contributed by atoms with Crippen molar-refractivity contribution in [3.05, 3.63) is 85.3 Å². The number of hydroxylamine groups is 2. The minimum absolute atomic E-state index is 0.243. The van der Waals surface area contributed by atoms with Gasteiger partial charge in [0.15, 0.2) is 0 Å². The van der Waals surface area contributed by atoms with Crippen molar-refractivity contribution in [2.75, 3.05) is 13.7 Å². The number of rotatable bonds is 6. The van der Waals surface area contributed by atoms with E-state index >= 15 is 0 Å². The number of carbonyl (C=O) groups is 2. The van der Waals surface area contributed by atoms with Crippen molar-refractivity contribution in [2.24, 2.45) is 0 Å². The Balaban J connectivity index is 1.57. The molecule has 0 bridgehead atoms. The van der Waals surface area contributed by atoms with Crippen LogP contribution in [0.2, 0.25) is 0 Å². The van der Waals surface area contributed by atoms with Crippen LogP contribution in [0.15, 0.2) is 48.5 Å². The zero-order valence-corrected chi connectivity index (χ0v) is 20.8. The van der Waals surface area contributed by atoms with Crippen molar-refractivity contribution >= 4 is 40.3 Å². The summed E-state index contributed by atoms with van der Waals surface area (Å²) in [4.78, 5) is 24.9. The lowest BCUT2D eigenvalue weighted by Crippen LogP contribution is -2.42. The quantitative estimate of drug-likeness (QED) is 0.212. The molecule has 0 radical (unpaired) electrons. The maximum Gasteiger partial charge on any atom is 0.337 e. The molecule has 2 heterocycles. The van der Waals surface area contributed by atoms with Gasteiger partial charge in [-0.3, -0.25) is 4.79 Å². The molecule has 1 N–H and O–H groups in total. The van der Waals surface area contributed by atoms with Crippen LogP contribution in [0, 0.1) is 15.7 Å². The molecule has 2 aromatic carbocycles. The predicted octanol–water partition coefficient (Wildman–Crippen LogP) is 4.09. The Bertz CT molecular complexity index is 1210. The molecule has 1 aliphatic rings. The summed E-state index contributed by atoms with van der Waals surface area (Å²) in [5, 5.41) is 21.3. The van der Waals surface area contributed by atoms with E-state index in [1.165, 1.54) is 7.11 Å². The highest BCUT2D eigenvalue weighted by atomic mass is 127. The average molecular weight is 560 g/mol. The van der Waals surface area contributed by atoms with Crippen molar-refractivity contribution in [1.82, 2.24) is 19.7 Å². The van der Waals surface area contributed by atoms with E-state index in [1.54, 1.807) is 35.9 Å². The Labute approximate surface area is 205 Å². The summed E-state index contributed by atoms with van der Waals surface area (Å²) in [6.07, 6.45) is 0. The largest absolute Gasteiger partial charge is 0.626 e. The van der Waals surface area contributed by atoms with Gasteiger partial charge in [0.25, 0.3) is 5.91 Å². The van der Waals surface area contributed by atoms with Crippen LogP contribution < -0.4 is 9.96 Å². The molecule has 172 valence electrons. The van der Waals surface area contributed by atoms with E-state index in [0.29, 0.717) is 35.7 Å². The molecule has 2 atom stereocenters. The van der Waals surface area contributed by atoms with Crippen molar-refractivity contribution in [2.45, 2.75) is 33.0 Å². The van der Waals surface area contributed by atoms with Crippen LogP contribution in [0.5, 0.6) is 0 Å². The fourth-order valence-corrected chi connectivity index (χ4v) is 4.84. The van der Waals surface area contributed by atoms with Crippen LogP contribution in [-0.4, -0.2) is 35.3 Å². The molecule has 0 saturated heterocycles. The average Bonchev–Trinajstić information content (AvgIpc) is 3.29. The molecule has 0 spiro atoms. The first kappa shape index (κ1) is 23.4. The SMILES string of the molecule is COC(=O)c1ccc([C@H](C)NC(=O)c2c(C)nn3c2[N+]([O-])(Cc2cccc(I)c2)CC3)cc1. The second-order valence-corrected chi connectivity index (χ2v) is 9.46. The minimum Gasteiger partial charge on any atom is -0.626 e. The maximum atomic E-state index is 13.9. The molecule has 1 aromatic heterocycles. The number of hydrogen-bond donors (Lipinski definition) is 1. The second kappa shape index (κ2) is 9.24. The van der Waals surface area contributed by atoms with E-state index in [-0.39, 0.29) is 18.5 Å². The van der Waals surface area contributed by atoms with Gasteiger partial charge in [-0.2, -0.15) is 5.10 Å². The molecular formula is C24H25IN4O4. The molecule has 0 fully saturated rings. The number of aromatic nitrogens is 2. The molecule has 8 nitrogen and oxygen atoms in total. The highest BCUT2D eigenvalue weighted by molar-refractivity contribution is 14.1. The fraction of sp³-hybridized carbons (Fsp3) is 0.292. The van der Waals surface area contributed by atoms with Gasteiger partial charge in [0.05, 0.1) is 31.0 Å². The van der Waals surface area contributed by atoms with E-state index in [4.69, 9.17) is 4.74 Å². The summed E-state index contributed by atoms with van der Waals surface area (Å²) in [7, 11) is 1.33. The number of methoxy groups -OCH3 is 1. The second-order valence-electron chi connectivity index (χ2n) is 8.22. The maximum absolute atomic E-state index is 13.9. The molecule has 0 aliphatic carbocycles. The number of carbonyl (C=O) groups excluding carboxylic acids is 2. The van der Waals surface area contributed by atoms with Gasteiger partial charge in [0.2, 0.25) is 5.82 Å². The molecule has 1 unspecified atom stereocenters. The Morgan fingerprint density at radius 2 is 2.00 bits per heavy atom. The first-order valence-corrected chi connectivity index (χ1v) is 11.7. The van der Waals surface area contributed by atoms with Gasteiger partial charge >= 0.3 is 5.97 Å². The van der Waals surface area contributed by atoms with Crippen LogP contribution in [0.4, 0.5) is 5.82 Å². The zero-order chi connectivity index (χ0) is 23.8. The van der Waals surface area contributed by atoms with Gasteiger partial charge in [-0.25, -0.2) is 9.48 Å². The monoisotopic (exact) mass is 560 g/mol. The van der Waals surface area contributed by atoms with Gasteiger partial charge in [0, 0.05) is 9.13 Å². The number of quaternary nitrogens is 1.